The highest BCUT2D eigenvalue weighted by Crippen LogP contribution is 2.32. The number of benzene rings is 2. The van der Waals surface area contributed by atoms with Crippen molar-refractivity contribution in [3.05, 3.63) is 70.6 Å². The predicted octanol–water partition coefficient (Wildman–Crippen LogP) is 2.50. The third-order valence-electron chi connectivity index (χ3n) is 4.02. The molecule has 1 aliphatic heterocycles. The smallest absolute Gasteiger partial charge is 0.322 e. The molecule has 2 aromatic rings. The zero-order valence-corrected chi connectivity index (χ0v) is 16.6. The Bertz CT molecular complexity index is 1010. The molecule has 0 bridgehead atoms. The largest absolute Gasteiger partial charge is 0.489 e. The average molecular weight is 426 g/mol. The lowest BCUT2D eigenvalue weighted by Crippen LogP contribution is -2.41. The third-order valence-corrected chi connectivity index (χ3v) is 4.92. The summed E-state index contributed by atoms with van der Waals surface area (Å²) < 4.78 is 5.77. The number of rotatable bonds is 8. The van der Waals surface area contributed by atoms with E-state index in [-0.39, 0.29) is 4.91 Å². The second kappa shape index (κ2) is 9.75. The van der Waals surface area contributed by atoms with Crippen LogP contribution in [0.25, 0.3) is 6.08 Å². The van der Waals surface area contributed by atoms with Crippen LogP contribution in [-0.4, -0.2) is 46.1 Å². The molecule has 0 aliphatic carbocycles. The van der Waals surface area contributed by atoms with Crippen LogP contribution >= 0.6 is 11.8 Å². The van der Waals surface area contributed by atoms with E-state index in [1.807, 2.05) is 30.3 Å². The molecule has 0 unspecified atom stereocenters. The normalized spacial score (nSPS) is 14.8. The van der Waals surface area contributed by atoms with Crippen LogP contribution in [0.1, 0.15) is 11.1 Å². The summed E-state index contributed by atoms with van der Waals surface area (Å²) in [7, 11) is 0. The summed E-state index contributed by atoms with van der Waals surface area (Å²) in [4.78, 5) is 47.7. The quantitative estimate of drug-likeness (QED) is 0.624. The number of carboxylic acids is 1. The minimum absolute atomic E-state index is 0.172. The molecule has 0 aromatic heterocycles. The number of hydrogen-bond donors (Lipinski definition) is 2. The number of thioether (sulfide) groups is 1. The molecular weight excluding hydrogens is 408 g/mol. The summed E-state index contributed by atoms with van der Waals surface area (Å²) in [5, 5.41) is 10.1. The number of amides is 3. The van der Waals surface area contributed by atoms with Gasteiger partial charge in [-0.15, -0.1) is 0 Å². The predicted molar refractivity (Wildman–Crippen MR) is 111 cm³/mol. The Labute approximate surface area is 176 Å². The van der Waals surface area contributed by atoms with Gasteiger partial charge in [-0.2, -0.15) is 0 Å². The maximum absolute atomic E-state index is 12.5. The lowest BCUT2D eigenvalue weighted by molar-refractivity contribution is -0.138. The highest BCUT2D eigenvalue weighted by atomic mass is 32.2. The van der Waals surface area contributed by atoms with Crippen LogP contribution in [0.2, 0.25) is 0 Å². The highest BCUT2D eigenvalue weighted by Gasteiger charge is 2.36. The molecule has 1 fully saturated rings. The highest BCUT2D eigenvalue weighted by molar-refractivity contribution is 8.18. The summed E-state index contributed by atoms with van der Waals surface area (Å²) in [6.07, 6.45) is 1.55. The molecule has 3 rings (SSSR count). The molecule has 0 atom stereocenters. The van der Waals surface area contributed by atoms with Gasteiger partial charge in [-0.25, -0.2) is 0 Å². The number of imide groups is 1. The van der Waals surface area contributed by atoms with Gasteiger partial charge in [-0.05, 0) is 41.1 Å². The van der Waals surface area contributed by atoms with Crippen LogP contribution in [-0.2, 0) is 21.0 Å². The van der Waals surface area contributed by atoms with Gasteiger partial charge in [0.2, 0.25) is 5.91 Å². The molecule has 1 saturated heterocycles. The number of carbonyl (C=O) groups excluding carboxylic acids is 3. The van der Waals surface area contributed by atoms with Gasteiger partial charge in [0.25, 0.3) is 11.1 Å². The van der Waals surface area contributed by atoms with Crippen LogP contribution in [0.15, 0.2) is 59.5 Å². The number of nitrogens with zero attached hydrogens (tertiary/aromatic N) is 1. The van der Waals surface area contributed by atoms with Gasteiger partial charge in [-0.1, -0.05) is 42.5 Å². The molecule has 8 nitrogen and oxygen atoms in total. The Morgan fingerprint density at radius 1 is 1.10 bits per heavy atom. The zero-order valence-electron chi connectivity index (χ0n) is 15.7. The topological polar surface area (TPSA) is 113 Å². The molecule has 2 aromatic carbocycles. The molecule has 1 heterocycles. The fraction of sp³-hybridized carbons (Fsp3) is 0.143. The van der Waals surface area contributed by atoms with Crippen LogP contribution in [0.3, 0.4) is 0 Å². The third kappa shape index (κ3) is 5.71. The van der Waals surface area contributed by atoms with E-state index in [2.05, 4.69) is 5.32 Å². The summed E-state index contributed by atoms with van der Waals surface area (Å²) in [5.74, 6) is -1.94. The molecule has 1 aliphatic rings. The second-order valence-electron chi connectivity index (χ2n) is 6.29. The Hall–Kier alpha value is -3.59. The molecule has 9 heteroatoms. The minimum atomic E-state index is -1.22. The van der Waals surface area contributed by atoms with Gasteiger partial charge in [0, 0.05) is 0 Å². The van der Waals surface area contributed by atoms with E-state index in [4.69, 9.17) is 9.84 Å². The number of carbonyl (C=O) groups is 4. The zero-order chi connectivity index (χ0) is 21.5. The second-order valence-corrected chi connectivity index (χ2v) is 7.28. The van der Waals surface area contributed by atoms with Gasteiger partial charge in [0.1, 0.15) is 25.4 Å². The Kier molecular flexibility index (Phi) is 6.87. The van der Waals surface area contributed by atoms with Gasteiger partial charge < -0.3 is 15.2 Å². The minimum Gasteiger partial charge on any atom is -0.489 e. The van der Waals surface area contributed by atoms with Crippen molar-refractivity contribution in [3.8, 4) is 5.75 Å². The molecule has 30 heavy (non-hydrogen) atoms. The summed E-state index contributed by atoms with van der Waals surface area (Å²) in [5.41, 5.74) is 1.69. The van der Waals surface area contributed by atoms with Crippen molar-refractivity contribution in [2.45, 2.75) is 6.61 Å². The van der Waals surface area contributed by atoms with Crippen LogP contribution < -0.4 is 10.1 Å². The van der Waals surface area contributed by atoms with Gasteiger partial charge >= 0.3 is 5.97 Å². The van der Waals surface area contributed by atoms with Crippen molar-refractivity contribution in [1.29, 1.82) is 0 Å². The van der Waals surface area contributed by atoms with Crippen molar-refractivity contribution in [2.24, 2.45) is 0 Å². The van der Waals surface area contributed by atoms with Crippen LogP contribution in [0, 0.1) is 0 Å². The van der Waals surface area contributed by atoms with E-state index in [0.29, 0.717) is 17.9 Å². The van der Waals surface area contributed by atoms with Crippen molar-refractivity contribution >= 4 is 40.9 Å². The lowest BCUT2D eigenvalue weighted by Gasteiger charge is -2.11. The van der Waals surface area contributed by atoms with Gasteiger partial charge in [-0.3, -0.25) is 24.1 Å². The number of carboxylic acid groups (broad SMARTS) is 1. The molecule has 3 amide bonds. The van der Waals surface area contributed by atoms with Crippen molar-refractivity contribution in [1.82, 2.24) is 10.2 Å². The number of ether oxygens (including phenoxy) is 1. The van der Waals surface area contributed by atoms with E-state index in [1.54, 1.807) is 30.3 Å². The lowest BCUT2D eigenvalue weighted by atomic mass is 10.2. The van der Waals surface area contributed by atoms with Crippen LogP contribution in [0.5, 0.6) is 5.75 Å². The Morgan fingerprint density at radius 3 is 2.60 bits per heavy atom. The van der Waals surface area contributed by atoms with Crippen LogP contribution in [0.4, 0.5) is 4.79 Å². The maximum atomic E-state index is 12.5. The monoisotopic (exact) mass is 426 g/mol. The first kappa shape index (κ1) is 21.1. The standard InChI is InChI=1S/C21H18N2O6S/c24-18(22-11-19(25)26)12-23-20(27)17(30-21(23)28)10-15-7-4-8-16(9-15)29-13-14-5-2-1-3-6-14/h1-10H,11-13H2,(H,22,24)(H,25,26)/b17-10-. The first-order chi connectivity index (χ1) is 14.4. The maximum Gasteiger partial charge on any atom is 0.322 e. The molecule has 0 saturated carbocycles. The SMILES string of the molecule is O=C(O)CNC(=O)CN1C(=O)S/C(=C\c2cccc(OCc3ccccc3)c2)C1=O. The summed E-state index contributed by atoms with van der Waals surface area (Å²) in [6.45, 7) is -0.720. The number of nitrogens with one attached hydrogen (secondary N) is 1. The summed E-state index contributed by atoms with van der Waals surface area (Å²) in [6, 6.07) is 16.8. The number of hydrogen-bond acceptors (Lipinski definition) is 6. The Balaban J connectivity index is 1.65. The van der Waals surface area contributed by atoms with Crippen molar-refractivity contribution < 1.29 is 29.0 Å². The molecule has 0 spiro atoms. The Morgan fingerprint density at radius 2 is 1.87 bits per heavy atom. The fourth-order valence-electron chi connectivity index (χ4n) is 2.60. The van der Waals surface area contributed by atoms with Crippen molar-refractivity contribution in [2.75, 3.05) is 13.1 Å². The van der Waals surface area contributed by atoms with E-state index >= 15 is 0 Å². The average Bonchev–Trinajstić information content (AvgIpc) is 2.99. The number of aliphatic carboxylic acids is 1. The molecule has 2 N–H and O–H groups in total. The van der Waals surface area contributed by atoms with Gasteiger partial charge in [0.05, 0.1) is 4.91 Å². The summed E-state index contributed by atoms with van der Waals surface area (Å²) >= 11 is 0.720. The fourth-order valence-corrected chi connectivity index (χ4v) is 3.43. The molecule has 154 valence electrons. The van der Waals surface area contributed by atoms with E-state index < -0.39 is 36.1 Å². The van der Waals surface area contributed by atoms with Crippen molar-refractivity contribution in [3.63, 3.8) is 0 Å². The first-order valence-electron chi connectivity index (χ1n) is 8.93. The van der Waals surface area contributed by atoms with E-state index in [9.17, 15) is 19.2 Å². The van der Waals surface area contributed by atoms with E-state index in [0.717, 1.165) is 22.2 Å². The molecule has 0 radical (unpaired) electrons. The van der Waals surface area contributed by atoms with E-state index in [1.165, 1.54) is 0 Å². The molecular formula is C21H18N2O6S. The first-order valence-corrected chi connectivity index (χ1v) is 9.74. The van der Waals surface area contributed by atoms with Gasteiger partial charge in [0.15, 0.2) is 0 Å².